The lowest BCUT2D eigenvalue weighted by molar-refractivity contribution is -0.123. The van der Waals surface area contributed by atoms with E-state index < -0.39 is 0 Å². The van der Waals surface area contributed by atoms with Crippen LogP contribution in [0, 0.1) is 12.8 Å². The largest absolute Gasteiger partial charge is 0.354 e. The third kappa shape index (κ3) is 4.73. The molecule has 0 heterocycles. The molecule has 1 N–H and O–H groups in total. The van der Waals surface area contributed by atoms with Gasteiger partial charge in [0, 0.05) is 19.2 Å². The zero-order chi connectivity index (χ0) is 14.4. The molecule has 2 amide bonds. The highest BCUT2D eigenvalue weighted by Crippen LogP contribution is 2.19. The molecule has 0 saturated carbocycles. The maximum absolute atomic E-state index is 11.8. The number of hydrogen-bond acceptors (Lipinski definition) is 2. The Hall–Kier alpha value is -1.84. The van der Waals surface area contributed by atoms with E-state index in [9.17, 15) is 9.59 Å². The average Bonchev–Trinajstić information content (AvgIpc) is 2.34. The molecular weight excluding hydrogens is 240 g/mol. The van der Waals surface area contributed by atoms with Crippen molar-refractivity contribution < 1.29 is 9.59 Å². The Balaban J connectivity index is 2.77. The van der Waals surface area contributed by atoms with E-state index >= 15 is 0 Å². The highest BCUT2D eigenvalue weighted by molar-refractivity contribution is 5.98. The van der Waals surface area contributed by atoms with Crippen molar-refractivity contribution in [1.29, 1.82) is 0 Å². The molecule has 0 radical (unpaired) electrons. The van der Waals surface area contributed by atoms with Gasteiger partial charge in [-0.3, -0.25) is 9.59 Å². The lowest BCUT2D eigenvalue weighted by Gasteiger charge is -2.22. The van der Waals surface area contributed by atoms with E-state index in [1.165, 1.54) is 11.8 Å². The number of benzene rings is 1. The van der Waals surface area contributed by atoms with Crippen molar-refractivity contribution >= 4 is 17.5 Å². The molecule has 0 spiro atoms. The summed E-state index contributed by atoms with van der Waals surface area (Å²) in [5.41, 5.74) is 1.77. The summed E-state index contributed by atoms with van der Waals surface area (Å²) >= 11 is 0. The molecule has 1 rings (SSSR count). The van der Waals surface area contributed by atoms with Crippen LogP contribution < -0.4 is 10.2 Å². The molecule has 0 fully saturated rings. The summed E-state index contributed by atoms with van der Waals surface area (Å²) < 4.78 is 0. The van der Waals surface area contributed by atoms with Crippen molar-refractivity contribution in [3.63, 3.8) is 0 Å². The molecule has 0 unspecified atom stereocenters. The second kappa shape index (κ2) is 6.92. The monoisotopic (exact) mass is 262 g/mol. The molecular formula is C15H22N2O2. The zero-order valence-corrected chi connectivity index (χ0v) is 12.1. The van der Waals surface area contributed by atoms with Crippen LogP contribution in [0.15, 0.2) is 24.3 Å². The van der Waals surface area contributed by atoms with E-state index in [0.29, 0.717) is 12.5 Å². The molecule has 104 valence electrons. The lowest BCUT2D eigenvalue weighted by atomic mass is 10.1. The fraction of sp³-hybridized carbons (Fsp3) is 0.467. The van der Waals surface area contributed by atoms with Crippen LogP contribution in [-0.2, 0) is 9.59 Å². The van der Waals surface area contributed by atoms with Gasteiger partial charge in [0.2, 0.25) is 11.8 Å². The van der Waals surface area contributed by atoms with Gasteiger partial charge in [-0.25, -0.2) is 0 Å². The molecule has 0 aromatic heterocycles. The molecule has 1 aromatic carbocycles. The van der Waals surface area contributed by atoms with Crippen LogP contribution in [0.2, 0.25) is 0 Å². The van der Waals surface area contributed by atoms with Gasteiger partial charge in [-0.1, -0.05) is 32.0 Å². The summed E-state index contributed by atoms with van der Waals surface area (Å²) in [6, 6.07) is 7.56. The van der Waals surface area contributed by atoms with Gasteiger partial charge in [-0.05, 0) is 24.5 Å². The van der Waals surface area contributed by atoms with Crippen LogP contribution >= 0.6 is 0 Å². The number of carbonyl (C=O) groups excluding carboxylic acids is 2. The number of anilines is 1. The first-order valence-electron chi connectivity index (χ1n) is 6.52. The fourth-order valence-corrected chi connectivity index (χ4v) is 1.75. The Labute approximate surface area is 114 Å². The van der Waals surface area contributed by atoms with E-state index in [1.54, 1.807) is 0 Å². The number of nitrogens with zero attached hydrogens (tertiary/aromatic N) is 1. The average molecular weight is 262 g/mol. The maximum atomic E-state index is 11.8. The van der Waals surface area contributed by atoms with Crippen molar-refractivity contribution in [2.24, 2.45) is 5.92 Å². The van der Waals surface area contributed by atoms with E-state index in [2.05, 4.69) is 5.32 Å². The quantitative estimate of drug-likeness (QED) is 0.883. The molecule has 0 atom stereocenters. The topological polar surface area (TPSA) is 49.4 Å². The van der Waals surface area contributed by atoms with Crippen molar-refractivity contribution in [3.05, 3.63) is 29.8 Å². The first-order valence-corrected chi connectivity index (χ1v) is 6.52. The van der Waals surface area contributed by atoms with Crippen LogP contribution in [0.25, 0.3) is 0 Å². The minimum atomic E-state index is -0.132. The van der Waals surface area contributed by atoms with Crippen molar-refractivity contribution in [2.45, 2.75) is 27.7 Å². The highest BCUT2D eigenvalue weighted by Gasteiger charge is 2.17. The molecule has 4 heteroatoms. The smallest absolute Gasteiger partial charge is 0.240 e. The molecule has 1 aromatic rings. The zero-order valence-electron chi connectivity index (χ0n) is 12.1. The number of hydrogen-bond donors (Lipinski definition) is 1. The molecule has 4 nitrogen and oxygen atoms in total. The Morgan fingerprint density at radius 3 is 2.42 bits per heavy atom. The number of nitrogens with one attached hydrogen (secondary N) is 1. The van der Waals surface area contributed by atoms with Crippen LogP contribution in [0.1, 0.15) is 26.3 Å². The van der Waals surface area contributed by atoms with Crippen LogP contribution in [-0.4, -0.2) is 24.9 Å². The Bertz CT molecular complexity index is 455. The van der Waals surface area contributed by atoms with E-state index in [4.69, 9.17) is 0 Å². The van der Waals surface area contributed by atoms with Gasteiger partial charge in [0.25, 0.3) is 0 Å². The number of amides is 2. The summed E-state index contributed by atoms with van der Waals surface area (Å²) in [6.07, 6.45) is 0. The number of para-hydroxylation sites is 1. The number of rotatable bonds is 5. The summed E-state index contributed by atoms with van der Waals surface area (Å²) in [6.45, 7) is 8.15. The standard InChI is InChI=1S/C15H22N2O2/c1-11(2)9-16-15(19)10-17(13(4)18)14-8-6-5-7-12(14)3/h5-8,11H,9-10H2,1-4H3,(H,16,19). The van der Waals surface area contributed by atoms with Crippen LogP contribution in [0.5, 0.6) is 0 Å². The normalized spacial score (nSPS) is 10.4. The fourth-order valence-electron chi connectivity index (χ4n) is 1.75. The first-order chi connectivity index (χ1) is 8.91. The van der Waals surface area contributed by atoms with E-state index in [0.717, 1.165) is 11.3 Å². The van der Waals surface area contributed by atoms with Crippen molar-refractivity contribution in [1.82, 2.24) is 5.32 Å². The summed E-state index contributed by atoms with van der Waals surface area (Å²) in [5.74, 6) is 0.134. The van der Waals surface area contributed by atoms with Gasteiger partial charge in [-0.2, -0.15) is 0 Å². The molecule has 19 heavy (non-hydrogen) atoms. The molecule has 0 bridgehead atoms. The number of aryl methyl sites for hydroxylation is 1. The van der Waals surface area contributed by atoms with Crippen molar-refractivity contribution in [3.8, 4) is 0 Å². The van der Waals surface area contributed by atoms with Crippen LogP contribution in [0.3, 0.4) is 0 Å². The minimum absolute atomic E-state index is 0.0624. The Morgan fingerprint density at radius 1 is 1.26 bits per heavy atom. The first kappa shape index (κ1) is 15.2. The molecule has 0 aliphatic heterocycles. The van der Waals surface area contributed by atoms with E-state index in [-0.39, 0.29) is 18.4 Å². The van der Waals surface area contributed by atoms with Gasteiger partial charge >= 0.3 is 0 Å². The third-order valence-electron chi connectivity index (χ3n) is 2.80. The molecule has 0 aliphatic rings. The van der Waals surface area contributed by atoms with E-state index in [1.807, 2.05) is 45.0 Å². The lowest BCUT2D eigenvalue weighted by Crippen LogP contribution is -2.41. The second-order valence-electron chi connectivity index (χ2n) is 5.09. The predicted octanol–water partition coefficient (Wildman–Crippen LogP) is 2.12. The predicted molar refractivity (Wildman–Crippen MR) is 77.1 cm³/mol. The van der Waals surface area contributed by atoms with Crippen molar-refractivity contribution in [2.75, 3.05) is 18.0 Å². The Kier molecular flexibility index (Phi) is 5.55. The molecule has 0 saturated heterocycles. The summed E-state index contributed by atoms with van der Waals surface area (Å²) in [7, 11) is 0. The second-order valence-corrected chi connectivity index (χ2v) is 5.09. The van der Waals surface area contributed by atoms with Crippen LogP contribution in [0.4, 0.5) is 5.69 Å². The van der Waals surface area contributed by atoms with Gasteiger partial charge in [0.05, 0.1) is 0 Å². The molecule has 0 aliphatic carbocycles. The minimum Gasteiger partial charge on any atom is -0.354 e. The Morgan fingerprint density at radius 2 is 1.89 bits per heavy atom. The number of carbonyl (C=O) groups is 2. The van der Waals surface area contributed by atoms with Gasteiger partial charge in [0.1, 0.15) is 6.54 Å². The van der Waals surface area contributed by atoms with Gasteiger partial charge in [-0.15, -0.1) is 0 Å². The van der Waals surface area contributed by atoms with Gasteiger partial charge < -0.3 is 10.2 Å². The summed E-state index contributed by atoms with van der Waals surface area (Å²) in [5, 5.41) is 2.82. The summed E-state index contributed by atoms with van der Waals surface area (Å²) in [4.78, 5) is 25.1. The highest BCUT2D eigenvalue weighted by atomic mass is 16.2. The van der Waals surface area contributed by atoms with Gasteiger partial charge in [0.15, 0.2) is 0 Å². The third-order valence-corrected chi connectivity index (χ3v) is 2.80. The maximum Gasteiger partial charge on any atom is 0.240 e. The SMILES string of the molecule is CC(=O)N(CC(=O)NCC(C)C)c1ccccc1C.